The molecule has 0 fully saturated rings. The molecule has 22 heavy (non-hydrogen) atoms. The summed E-state index contributed by atoms with van der Waals surface area (Å²) in [6.07, 6.45) is -3.43. The van der Waals surface area contributed by atoms with E-state index in [-0.39, 0.29) is 17.4 Å². The molecule has 0 unspecified atom stereocenters. The molecule has 2 aromatic heterocycles. The summed E-state index contributed by atoms with van der Waals surface area (Å²) in [5.41, 5.74) is -1.85. The molecule has 2 heterocycles. The maximum atomic E-state index is 12.9. The van der Waals surface area contributed by atoms with Crippen molar-refractivity contribution in [2.75, 3.05) is 11.9 Å². The number of pyridine rings is 1. The average Bonchev–Trinajstić information content (AvgIpc) is 2.86. The summed E-state index contributed by atoms with van der Waals surface area (Å²) in [5, 5.41) is 2.23. The van der Waals surface area contributed by atoms with Gasteiger partial charge >= 0.3 is 12.1 Å². The molecule has 0 aromatic carbocycles. The first-order valence-corrected chi connectivity index (χ1v) is 6.84. The lowest BCUT2D eigenvalue weighted by atomic mass is 10.3. The van der Waals surface area contributed by atoms with Crippen molar-refractivity contribution in [3.63, 3.8) is 0 Å². The monoisotopic (exact) mass is 333 g/mol. The number of aromatic nitrogens is 2. The Kier molecular flexibility index (Phi) is 4.50. The van der Waals surface area contributed by atoms with Crippen LogP contribution in [0.3, 0.4) is 0 Å². The first kappa shape index (κ1) is 16.0. The SMILES string of the molecule is CCOC(=O)c1sc(Nc2ccc[nH]c2=O)nc1C(F)(F)F. The third-order valence-corrected chi connectivity index (χ3v) is 3.37. The molecule has 2 aromatic rings. The molecule has 2 rings (SSSR count). The minimum Gasteiger partial charge on any atom is -0.462 e. The van der Waals surface area contributed by atoms with E-state index < -0.39 is 28.3 Å². The van der Waals surface area contributed by atoms with Crippen LogP contribution in [-0.4, -0.2) is 22.5 Å². The number of anilines is 2. The number of hydrogen-bond donors (Lipinski definition) is 2. The third-order valence-electron chi connectivity index (χ3n) is 2.42. The van der Waals surface area contributed by atoms with Crippen molar-refractivity contribution in [3.05, 3.63) is 39.3 Å². The lowest BCUT2D eigenvalue weighted by Crippen LogP contribution is -2.13. The fourth-order valence-corrected chi connectivity index (χ4v) is 2.43. The maximum Gasteiger partial charge on any atom is 0.435 e. The quantitative estimate of drug-likeness (QED) is 0.841. The summed E-state index contributed by atoms with van der Waals surface area (Å²) in [7, 11) is 0. The highest BCUT2D eigenvalue weighted by atomic mass is 32.1. The molecule has 0 spiro atoms. The molecule has 10 heteroatoms. The number of hydrogen-bond acceptors (Lipinski definition) is 6. The van der Waals surface area contributed by atoms with Crippen LogP contribution in [-0.2, 0) is 10.9 Å². The fourth-order valence-electron chi connectivity index (χ4n) is 1.54. The Bertz CT molecular complexity index is 739. The molecule has 6 nitrogen and oxygen atoms in total. The van der Waals surface area contributed by atoms with Crippen LogP contribution in [0, 0.1) is 0 Å². The van der Waals surface area contributed by atoms with Crippen molar-refractivity contribution in [2.45, 2.75) is 13.1 Å². The lowest BCUT2D eigenvalue weighted by Gasteiger charge is -2.04. The standard InChI is InChI=1S/C12H10F3N3O3S/c1-2-21-10(20)7-8(12(13,14)15)18-11(22-7)17-6-4-3-5-16-9(6)19/h3-5H,2H2,1H3,(H,16,19)(H,17,18). The topological polar surface area (TPSA) is 84.1 Å². The van der Waals surface area contributed by atoms with Gasteiger partial charge in [0.1, 0.15) is 10.6 Å². The molecule has 0 saturated heterocycles. The minimum absolute atomic E-state index is 0.0142. The molecule has 0 radical (unpaired) electrons. The Hall–Kier alpha value is -2.36. The molecule has 0 aliphatic rings. The zero-order valence-electron chi connectivity index (χ0n) is 11.2. The van der Waals surface area contributed by atoms with Crippen LogP contribution in [0.15, 0.2) is 23.1 Å². The number of aromatic amines is 1. The van der Waals surface area contributed by atoms with Gasteiger partial charge in [0.2, 0.25) is 0 Å². The normalized spacial score (nSPS) is 11.3. The van der Waals surface area contributed by atoms with Crippen molar-refractivity contribution < 1.29 is 22.7 Å². The van der Waals surface area contributed by atoms with Crippen molar-refractivity contribution in [1.29, 1.82) is 0 Å². The van der Waals surface area contributed by atoms with E-state index in [1.165, 1.54) is 25.3 Å². The Morgan fingerprint density at radius 1 is 1.50 bits per heavy atom. The van der Waals surface area contributed by atoms with Crippen LogP contribution in [0.4, 0.5) is 24.0 Å². The van der Waals surface area contributed by atoms with Gasteiger partial charge in [0.25, 0.3) is 5.56 Å². The molecule has 0 amide bonds. The summed E-state index contributed by atoms with van der Waals surface area (Å²) in [6, 6.07) is 2.87. The van der Waals surface area contributed by atoms with Gasteiger partial charge in [-0.1, -0.05) is 11.3 Å². The molecule has 0 saturated carbocycles. The van der Waals surface area contributed by atoms with E-state index in [2.05, 4.69) is 20.0 Å². The van der Waals surface area contributed by atoms with E-state index >= 15 is 0 Å². The molecule has 0 bridgehead atoms. The number of halogens is 3. The second kappa shape index (κ2) is 6.18. The highest BCUT2D eigenvalue weighted by molar-refractivity contribution is 7.17. The maximum absolute atomic E-state index is 12.9. The number of nitrogens with zero attached hydrogens (tertiary/aromatic N) is 1. The van der Waals surface area contributed by atoms with Gasteiger partial charge in [-0.3, -0.25) is 4.79 Å². The van der Waals surface area contributed by atoms with Gasteiger partial charge in [-0.15, -0.1) is 0 Å². The Labute approximate surface area is 126 Å². The van der Waals surface area contributed by atoms with Gasteiger partial charge < -0.3 is 15.0 Å². The second-order valence-electron chi connectivity index (χ2n) is 3.95. The number of H-pyrrole nitrogens is 1. The van der Waals surface area contributed by atoms with Gasteiger partial charge in [0.15, 0.2) is 10.8 Å². The number of alkyl halides is 3. The summed E-state index contributed by atoms with van der Waals surface area (Å²) in [6.45, 7) is 1.42. The fraction of sp³-hybridized carbons (Fsp3) is 0.250. The van der Waals surface area contributed by atoms with Crippen LogP contribution < -0.4 is 10.9 Å². The van der Waals surface area contributed by atoms with Crippen LogP contribution in [0.5, 0.6) is 0 Å². The largest absolute Gasteiger partial charge is 0.462 e. The predicted molar refractivity (Wildman–Crippen MR) is 73.4 cm³/mol. The number of ether oxygens (including phenoxy) is 1. The van der Waals surface area contributed by atoms with Gasteiger partial charge in [-0.2, -0.15) is 13.2 Å². The van der Waals surface area contributed by atoms with E-state index in [0.29, 0.717) is 11.3 Å². The van der Waals surface area contributed by atoms with Gasteiger partial charge in [-0.25, -0.2) is 9.78 Å². The van der Waals surface area contributed by atoms with E-state index in [1.807, 2.05) is 0 Å². The van der Waals surface area contributed by atoms with Crippen LogP contribution in [0.25, 0.3) is 0 Å². The van der Waals surface area contributed by atoms with Gasteiger partial charge in [-0.05, 0) is 19.1 Å². The number of carbonyl (C=O) groups is 1. The van der Waals surface area contributed by atoms with Crippen molar-refractivity contribution in [2.24, 2.45) is 0 Å². The second-order valence-corrected chi connectivity index (χ2v) is 4.95. The number of nitrogens with one attached hydrogen (secondary N) is 2. The van der Waals surface area contributed by atoms with Crippen molar-refractivity contribution in [3.8, 4) is 0 Å². The minimum atomic E-state index is -4.80. The van der Waals surface area contributed by atoms with Gasteiger partial charge in [0.05, 0.1) is 6.61 Å². The van der Waals surface area contributed by atoms with Crippen LogP contribution in [0.1, 0.15) is 22.3 Å². The number of esters is 1. The number of carbonyl (C=O) groups excluding carboxylic acids is 1. The summed E-state index contributed by atoms with van der Waals surface area (Å²) >= 11 is 0.468. The highest BCUT2D eigenvalue weighted by Crippen LogP contribution is 2.37. The zero-order valence-corrected chi connectivity index (χ0v) is 12.0. The third kappa shape index (κ3) is 3.45. The van der Waals surface area contributed by atoms with Crippen molar-refractivity contribution in [1.82, 2.24) is 9.97 Å². The van der Waals surface area contributed by atoms with Crippen LogP contribution in [0.2, 0.25) is 0 Å². The number of rotatable bonds is 4. The Morgan fingerprint density at radius 3 is 2.82 bits per heavy atom. The zero-order chi connectivity index (χ0) is 16.3. The summed E-state index contributed by atoms with van der Waals surface area (Å²) in [4.78, 5) is 28.1. The molecule has 2 N–H and O–H groups in total. The van der Waals surface area contributed by atoms with E-state index in [9.17, 15) is 22.8 Å². The Morgan fingerprint density at radius 2 is 2.23 bits per heavy atom. The van der Waals surface area contributed by atoms with Crippen LogP contribution >= 0.6 is 11.3 Å². The molecular formula is C12H10F3N3O3S. The van der Waals surface area contributed by atoms with E-state index in [4.69, 9.17) is 0 Å². The first-order chi connectivity index (χ1) is 10.3. The summed E-state index contributed by atoms with van der Waals surface area (Å²) in [5.74, 6) is -1.11. The molecule has 118 valence electrons. The smallest absolute Gasteiger partial charge is 0.435 e. The first-order valence-electron chi connectivity index (χ1n) is 6.02. The van der Waals surface area contributed by atoms with Gasteiger partial charge in [0, 0.05) is 6.20 Å². The van der Waals surface area contributed by atoms with E-state index in [1.54, 1.807) is 0 Å². The molecule has 0 aliphatic carbocycles. The number of thiazole rings is 1. The Balaban J connectivity index is 2.40. The van der Waals surface area contributed by atoms with Crippen molar-refractivity contribution >= 4 is 28.1 Å². The van der Waals surface area contributed by atoms with E-state index in [0.717, 1.165) is 0 Å². The summed E-state index contributed by atoms with van der Waals surface area (Å²) < 4.78 is 43.4. The molecule has 0 aliphatic heterocycles. The molecular weight excluding hydrogens is 323 g/mol. The lowest BCUT2D eigenvalue weighted by molar-refractivity contribution is -0.141. The predicted octanol–water partition coefficient (Wildman–Crippen LogP) is 2.77. The highest BCUT2D eigenvalue weighted by Gasteiger charge is 2.40. The average molecular weight is 333 g/mol. The molecule has 0 atom stereocenters.